The molecular formula is C13H18N2O2. The first-order chi connectivity index (χ1) is 8.13. The molecule has 4 heteroatoms. The number of anilines is 1. The summed E-state index contributed by atoms with van der Waals surface area (Å²) in [5, 5.41) is 2.72. The average molecular weight is 234 g/mol. The highest BCUT2D eigenvalue weighted by atomic mass is 16.5. The SMILES string of the molecule is COc1ccc(N)c(C=CCCNC(C)=O)c1. The molecule has 1 aromatic carbocycles. The first-order valence-electron chi connectivity index (χ1n) is 5.48. The third kappa shape index (κ3) is 4.59. The minimum absolute atomic E-state index is 0.0145. The maximum absolute atomic E-state index is 10.6. The number of amides is 1. The van der Waals surface area contributed by atoms with Crippen LogP contribution in [0.1, 0.15) is 18.9 Å². The van der Waals surface area contributed by atoms with Crippen LogP contribution in [-0.4, -0.2) is 19.6 Å². The molecule has 3 N–H and O–H groups in total. The molecule has 0 atom stereocenters. The van der Waals surface area contributed by atoms with Crippen LogP contribution in [0.5, 0.6) is 5.75 Å². The lowest BCUT2D eigenvalue weighted by molar-refractivity contribution is -0.118. The van der Waals surface area contributed by atoms with Gasteiger partial charge in [0, 0.05) is 24.7 Å². The van der Waals surface area contributed by atoms with Crippen LogP contribution in [0.2, 0.25) is 0 Å². The van der Waals surface area contributed by atoms with Gasteiger partial charge >= 0.3 is 0 Å². The first-order valence-corrected chi connectivity index (χ1v) is 5.48. The van der Waals surface area contributed by atoms with Crippen LogP contribution >= 0.6 is 0 Å². The molecular weight excluding hydrogens is 216 g/mol. The molecule has 17 heavy (non-hydrogen) atoms. The molecule has 0 bridgehead atoms. The summed E-state index contributed by atoms with van der Waals surface area (Å²) < 4.78 is 5.12. The summed E-state index contributed by atoms with van der Waals surface area (Å²) in [6.07, 6.45) is 4.68. The Morgan fingerprint density at radius 1 is 1.53 bits per heavy atom. The lowest BCUT2D eigenvalue weighted by Crippen LogP contribution is -2.20. The molecule has 92 valence electrons. The second kappa shape index (κ2) is 6.58. The van der Waals surface area contributed by atoms with Crippen molar-refractivity contribution in [3.8, 4) is 5.75 Å². The van der Waals surface area contributed by atoms with Crippen molar-refractivity contribution in [1.29, 1.82) is 0 Å². The number of nitrogen functional groups attached to an aromatic ring is 1. The van der Waals surface area contributed by atoms with Gasteiger partial charge in [-0.05, 0) is 24.6 Å². The van der Waals surface area contributed by atoms with E-state index in [1.54, 1.807) is 7.11 Å². The number of hydrogen-bond acceptors (Lipinski definition) is 3. The molecule has 0 unspecified atom stereocenters. The van der Waals surface area contributed by atoms with Crippen LogP contribution in [0.4, 0.5) is 5.69 Å². The maximum Gasteiger partial charge on any atom is 0.216 e. The Balaban J connectivity index is 2.55. The number of nitrogens with one attached hydrogen (secondary N) is 1. The normalized spacial score (nSPS) is 10.5. The fourth-order valence-electron chi connectivity index (χ4n) is 1.37. The van der Waals surface area contributed by atoms with Crippen LogP contribution in [0, 0.1) is 0 Å². The van der Waals surface area contributed by atoms with Crippen molar-refractivity contribution < 1.29 is 9.53 Å². The van der Waals surface area contributed by atoms with Gasteiger partial charge in [0.25, 0.3) is 0 Å². The lowest BCUT2D eigenvalue weighted by Gasteiger charge is -2.04. The Kier molecular flexibility index (Phi) is 5.07. The summed E-state index contributed by atoms with van der Waals surface area (Å²) >= 11 is 0. The van der Waals surface area contributed by atoms with Crippen molar-refractivity contribution in [2.24, 2.45) is 0 Å². The molecule has 0 aromatic heterocycles. The van der Waals surface area contributed by atoms with Crippen molar-refractivity contribution in [3.05, 3.63) is 29.8 Å². The number of ether oxygens (including phenoxy) is 1. The van der Waals surface area contributed by atoms with E-state index in [2.05, 4.69) is 5.32 Å². The molecule has 0 saturated carbocycles. The molecule has 0 aliphatic carbocycles. The van der Waals surface area contributed by atoms with E-state index in [9.17, 15) is 4.79 Å². The Labute approximate surface area is 101 Å². The summed E-state index contributed by atoms with van der Waals surface area (Å²) in [4.78, 5) is 10.6. The van der Waals surface area contributed by atoms with Crippen molar-refractivity contribution in [2.75, 3.05) is 19.4 Å². The zero-order chi connectivity index (χ0) is 12.7. The number of rotatable bonds is 5. The molecule has 1 rings (SSSR count). The van der Waals surface area contributed by atoms with Crippen LogP contribution in [0.15, 0.2) is 24.3 Å². The maximum atomic E-state index is 10.6. The highest BCUT2D eigenvalue weighted by Crippen LogP contribution is 2.20. The molecule has 0 radical (unpaired) electrons. The number of methoxy groups -OCH3 is 1. The second-order valence-corrected chi connectivity index (χ2v) is 3.67. The molecule has 0 fully saturated rings. The number of benzene rings is 1. The van der Waals surface area contributed by atoms with Gasteiger partial charge in [0.1, 0.15) is 5.75 Å². The number of carbonyl (C=O) groups excluding carboxylic acids is 1. The monoisotopic (exact) mass is 234 g/mol. The van der Waals surface area contributed by atoms with Gasteiger partial charge in [0.05, 0.1) is 7.11 Å². The van der Waals surface area contributed by atoms with Crippen molar-refractivity contribution in [2.45, 2.75) is 13.3 Å². The Hall–Kier alpha value is -1.97. The van der Waals surface area contributed by atoms with E-state index < -0.39 is 0 Å². The fourth-order valence-corrected chi connectivity index (χ4v) is 1.37. The highest BCUT2D eigenvalue weighted by molar-refractivity contribution is 5.72. The van der Waals surface area contributed by atoms with Crippen LogP contribution < -0.4 is 15.8 Å². The quantitative estimate of drug-likeness (QED) is 0.603. The summed E-state index contributed by atoms with van der Waals surface area (Å²) in [5.41, 5.74) is 7.46. The molecule has 0 heterocycles. The average Bonchev–Trinajstić information content (AvgIpc) is 2.30. The van der Waals surface area contributed by atoms with Gasteiger partial charge in [0.15, 0.2) is 0 Å². The second-order valence-electron chi connectivity index (χ2n) is 3.67. The predicted molar refractivity (Wildman–Crippen MR) is 69.7 cm³/mol. The molecule has 0 saturated heterocycles. The van der Waals surface area contributed by atoms with Gasteiger partial charge in [-0.1, -0.05) is 12.2 Å². The van der Waals surface area contributed by atoms with Gasteiger partial charge in [0.2, 0.25) is 5.91 Å². The van der Waals surface area contributed by atoms with Crippen molar-refractivity contribution in [1.82, 2.24) is 5.32 Å². The molecule has 1 amide bonds. The molecule has 0 spiro atoms. The van der Waals surface area contributed by atoms with E-state index in [1.165, 1.54) is 6.92 Å². The standard InChI is InChI=1S/C13H18N2O2/c1-10(16)15-8-4-3-5-11-9-12(17-2)6-7-13(11)14/h3,5-7,9H,4,8,14H2,1-2H3,(H,15,16). The van der Waals surface area contributed by atoms with E-state index >= 15 is 0 Å². The van der Waals surface area contributed by atoms with E-state index in [0.717, 1.165) is 17.7 Å². The predicted octanol–water partition coefficient (Wildman–Crippen LogP) is 1.82. The zero-order valence-corrected chi connectivity index (χ0v) is 10.2. The minimum atomic E-state index is -0.0145. The third-order valence-corrected chi connectivity index (χ3v) is 2.28. The molecule has 0 aliphatic rings. The summed E-state index contributed by atoms with van der Waals surface area (Å²) in [6, 6.07) is 5.51. The summed E-state index contributed by atoms with van der Waals surface area (Å²) in [5.74, 6) is 0.764. The van der Waals surface area contributed by atoms with Gasteiger partial charge in [-0.2, -0.15) is 0 Å². The lowest BCUT2D eigenvalue weighted by atomic mass is 10.1. The van der Waals surface area contributed by atoms with E-state index in [1.807, 2.05) is 30.4 Å². The van der Waals surface area contributed by atoms with E-state index in [-0.39, 0.29) is 5.91 Å². The van der Waals surface area contributed by atoms with Gasteiger partial charge < -0.3 is 15.8 Å². The van der Waals surface area contributed by atoms with Gasteiger partial charge in [-0.15, -0.1) is 0 Å². The smallest absolute Gasteiger partial charge is 0.216 e. The number of carbonyl (C=O) groups is 1. The van der Waals surface area contributed by atoms with Gasteiger partial charge in [-0.3, -0.25) is 4.79 Å². The first kappa shape index (κ1) is 13.1. The van der Waals surface area contributed by atoms with Gasteiger partial charge in [-0.25, -0.2) is 0 Å². The minimum Gasteiger partial charge on any atom is -0.497 e. The topological polar surface area (TPSA) is 64.3 Å². The molecule has 1 aromatic rings. The zero-order valence-electron chi connectivity index (χ0n) is 10.2. The molecule has 4 nitrogen and oxygen atoms in total. The van der Waals surface area contributed by atoms with Crippen LogP contribution in [0.3, 0.4) is 0 Å². The fraction of sp³-hybridized carbons (Fsp3) is 0.308. The van der Waals surface area contributed by atoms with Crippen LogP contribution in [0.25, 0.3) is 6.08 Å². The largest absolute Gasteiger partial charge is 0.497 e. The Morgan fingerprint density at radius 2 is 2.29 bits per heavy atom. The number of hydrogen-bond donors (Lipinski definition) is 2. The number of nitrogens with two attached hydrogens (primary N) is 1. The third-order valence-electron chi connectivity index (χ3n) is 2.28. The molecule has 0 aliphatic heterocycles. The van der Waals surface area contributed by atoms with E-state index in [4.69, 9.17) is 10.5 Å². The van der Waals surface area contributed by atoms with Crippen LogP contribution in [-0.2, 0) is 4.79 Å². The Bertz CT molecular complexity index is 414. The van der Waals surface area contributed by atoms with E-state index in [0.29, 0.717) is 12.2 Å². The van der Waals surface area contributed by atoms with Crippen molar-refractivity contribution >= 4 is 17.7 Å². The van der Waals surface area contributed by atoms with Crippen molar-refractivity contribution in [3.63, 3.8) is 0 Å². The highest BCUT2D eigenvalue weighted by Gasteiger charge is 1.97. The summed E-state index contributed by atoms with van der Waals surface area (Å²) in [6.45, 7) is 2.14. The summed E-state index contributed by atoms with van der Waals surface area (Å²) in [7, 11) is 1.62. The Morgan fingerprint density at radius 3 is 2.94 bits per heavy atom.